The van der Waals surface area contributed by atoms with Gasteiger partial charge in [0.15, 0.2) is 0 Å². The van der Waals surface area contributed by atoms with Gasteiger partial charge in [0.2, 0.25) is 0 Å². The van der Waals surface area contributed by atoms with Crippen LogP contribution in [0.15, 0.2) is 54.1 Å². The monoisotopic (exact) mass is 306 g/mol. The second kappa shape index (κ2) is 7.81. The van der Waals surface area contributed by atoms with Crippen LogP contribution in [-0.2, 0) is 4.79 Å². The summed E-state index contributed by atoms with van der Waals surface area (Å²) in [5.74, 6) is 0.121. The molecule has 0 fully saturated rings. The van der Waals surface area contributed by atoms with E-state index < -0.39 is 5.91 Å². The number of aryl methyl sites for hydroxylation is 1. The van der Waals surface area contributed by atoms with E-state index in [2.05, 4.69) is 5.32 Å². The van der Waals surface area contributed by atoms with E-state index in [9.17, 15) is 10.1 Å². The van der Waals surface area contributed by atoms with E-state index in [0.717, 1.165) is 11.1 Å². The van der Waals surface area contributed by atoms with Crippen molar-refractivity contribution in [2.75, 3.05) is 11.9 Å². The van der Waals surface area contributed by atoms with Crippen molar-refractivity contribution in [3.05, 3.63) is 65.2 Å². The fraction of sp³-hybridized carbons (Fsp3) is 0.158. The summed E-state index contributed by atoms with van der Waals surface area (Å²) in [4.78, 5) is 12.3. The third-order valence-electron chi connectivity index (χ3n) is 3.19. The Morgan fingerprint density at radius 1 is 1.22 bits per heavy atom. The Balaban J connectivity index is 2.21. The van der Waals surface area contributed by atoms with E-state index in [1.165, 1.54) is 0 Å². The van der Waals surface area contributed by atoms with E-state index in [-0.39, 0.29) is 5.57 Å². The lowest BCUT2D eigenvalue weighted by atomic mass is 10.1. The molecular formula is C19H18N2O2. The molecule has 0 aromatic heterocycles. The lowest BCUT2D eigenvalue weighted by molar-refractivity contribution is -0.112. The molecule has 0 radical (unpaired) electrons. The number of nitriles is 1. The van der Waals surface area contributed by atoms with Gasteiger partial charge in [-0.3, -0.25) is 4.79 Å². The zero-order valence-electron chi connectivity index (χ0n) is 13.2. The molecule has 0 heterocycles. The Morgan fingerprint density at radius 2 is 1.91 bits per heavy atom. The highest BCUT2D eigenvalue weighted by Gasteiger charge is 2.12. The van der Waals surface area contributed by atoms with Gasteiger partial charge >= 0.3 is 0 Å². The van der Waals surface area contributed by atoms with Crippen LogP contribution in [0.5, 0.6) is 5.75 Å². The third kappa shape index (κ3) is 4.45. The largest absolute Gasteiger partial charge is 0.492 e. The van der Waals surface area contributed by atoms with Crippen molar-refractivity contribution in [3.63, 3.8) is 0 Å². The molecule has 1 amide bonds. The third-order valence-corrected chi connectivity index (χ3v) is 3.19. The molecule has 0 aliphatic heterocycles. The molecule has 0 unspecified atom stereocenters. The van der Waals surface area contributed by atoms with Crippen molar-refractivity contribution >= 4 is 17.7 Å². The molecule has 0 bridgehead atoms. The van der Waals surface area contributed by atoms with E-state index in [0.29, 0.717) is 18.0 Å². The topological polar surface area (TPSA) is 62.1 Å². The summed E-state index contributed by atoms with van der Waals surface area (Å²) in [6.07, 6.45) is 1.57. The van der Waals surface area contributed by atoms with Gasteiger partial charge in [-0.1, -0.05) is 42.0 Å². The Labute approximate surface area is 136 Å². The maximum atomic E-state index is 12.3. The number of para-hydroxylation sites is 2. The highest BCUT2D eigenvalue weighted by atomic mass is 16.5. The smallest absolute Gasteiger partial charge is 0.266 e. The fourth-order valence-corrected chi connectivity index (χ4v) is 2.02. The number of hydrogen-bond donors (Lipinski definition) is 1. The Bertz CT molecular complexity index is 756. The summed E-state index contributed by atoms with van der Waals surface area (Å²) >= 11 is 0. The first-order chi connectivity index (χ1) is 11.1. The number of rotatable bonds is 5. The lowest BCUT2D eigenvalue weighted by Crippen LogP contribution is -2.14. The normalized spacial score (nSPS) is 10.7. The van der Waals surface area contributed by atoms with Crippen LogP contribution in [0.4, 0.5) is 5.69 Å². The fourth-order valence-electron chi connectivity index (χ4n) is 2.02. The molecule has 116 valence electrons. The van der Waals surface area contributed by atoms with Crippen molar-refractivity contribution in [1.29, 1.82) is 5.26 Å². The first kappa shape index (κ1) is 16.3. The Morgan fingerprint density at radius 3 is 2.57 bits per heavy atom. The summed E-state index contributed by atoms with van der Waals surface area (Å²) in [7, 11) is 0. The Kier molecular flexibility index (Phi) is 5.54. The van der Waals surface area contributed by atoms with E-state index in [4.69, 9.17) is 4.74 Å². The molecular weight excluding hydrogens is 288 g/mol. The van der Waals surface area contributed by atoms with Crippen molar-refractivity contribution in [2.45, 2.75) is 13.8 Å². The van der Waals surface area contributed by atoms with Gasteiger partial charge in [-0.05, 0) is 37.6 Å². The number of hydrogen-bond acceptors (Lipinski definition) is 3. The second-order valence-electron chi connectivity index (χ2n) is 4.96. The molecule has 0 atom stereocenters. The summed E-state index contributed by atoms with van der Waals surface area (Å²) in [6, 6.07) is 16.7. The van der Waals surface area contributed by atoms with Gasteiger partial charge in [-0.25, -0.2) is 0 Å². The average molecular weight is 306 g/mol. The van der Waals surface area contributed by atoms with Crippen LogP contribution in [0.2, 0.25) is 0 Å². The number of nitrogens with zero attached hydrogens (tertiary/aromatic N) is 1. The van der Waals surface area contributed by atoms with Gasteiger partial charge in [0.25, 0.3) is 5.91 Å². The van der Waals surface area contributed by atoms with Crippen LogP contribution in [0.25, 0.3) is 6.08 Å². The molecule has 0 saturated heterocycles. The Hall–Kier alpha value is -3.06. The molecule has 2 rings (SSSR count). The second-order valence-corrected chi connectivity index (χ2v) is 4.96. The molecule has 0 spiro atoms. The van der Waals surface area contributed by atoms with E-state index in [1.54, 1.807) is 24.3 Å². The van der Waals surface area contributed by atoms with Crippen LogP contribution in [-0.4, -0.2) is 12.5 Å². The molecule has 1 N–H and O–H groups in total. The number of anilines is 1. The van der Waals surface area contributed by atoms with Crippen molar-refractivity contribution in [3.8, 4) is 11.8 Å². The maximum absolute atomic E-state index is 12.3. The van der Waals surface area contributed by atoms with Crippen LogP contribution < -0.4 is 10.1 Å². The van der Waals surface area contributed by atoms with Crippen LogP contribution >= 0.6 is 0 Å². The maximum Gasteiger partial charge on any atom is 0.266 e. The number of carbonyl (C=O) groups excluding carboxylic acids is 1. The summed E-state index contributed by atoms with van der Waals surface area (Å²) < 4.78 is 5.47. The van der Waals surface area contributed by atoms with Gasteiger partial charge in [0, 0.05) is 0 Å². The van der Waals surface area contributed by atoms with Crippen LogP contribution in [0.1, 0.15) is 18.1 Å². The molecule has 0 saturated carbocycles. The highest BCUT2D eigenvalue weighted by molar-refractivity contribution is 6.10. The van der Waals surface area contributed by atoms with Gasteiger partial charge < -0.3 is 10.1 Å². The minimum absolute atomic E-state index is 0.0418. The molecule has 23 heavy (non-hydrogen) atoms. The summed E-state index contributed by atoms with van der Waals surface area (Å²) in [5, 5.41) is 12.0. The van der Waals surface area contributed by atoms with Gasteiger partial charge in [-0.15, -0.1) is 0 Å². The average Bonchev–Trinajstić information content (AvgIpc) is 2.56. The first-order valence-corrected chi connectivity index (χ1v) is 7.35. The summed E-state index contributed by atoms with van der Waals surface area (Å²) in [5.41, 5.74) is 2.51. The number of benzene rings is 2. The van der Waals surface area contributed by atoms with Crippen LogP contribution in [0.3, 0.4) is 0 Å². The number of nitrogens with one attached hydrogen (secondary N) is 1. The first-order valence-electron chi connectivity index (χ1n) is 7.35. The molecule has 2 aromatic rings. The van der Waals surface area contributed by atoms with Crippen molar-refractivity contribution in [2.24, 2.45) is 0 Å². The molecule has 4 nitrogen and oxygen atoms in total. The van der Waals surface area contributed by atoms with E-state index in [1.807, 2.05) is 50.2 Å². The number of amides is 1. The van der Waals surface area contributed by atoms with Crippen molar-refractivity contribution < 1.29 is 9.53 Å². The highest BCUT2D eigenvalue weighted by Crippen LogP contribution is 2.24. The van der Waals surface area contributed by atoms with Crippen LogP contribution in [0, 0.1) is 18.3 Å². The van der Waals surface area contributed by atoms with Crippen molar-refractivity contribution in [1.82, 2.24) is 0 Å². The zero-order chi connectivity index (χ0) is 16.7. The number of ether oxygens (including phenoxy) is 1. The molecule has 0 aliphatic carbocycles. The SMILES string of the molecule is CCOc1ccccc1NC(=O)/C(C#N)=C/c1ccc(C)cc1. The van der Waals surface area contributed by atoms with E-state index >= 15 is 0 Å². The lowest BCUT2D eigenvalue weighted by Gasteiger charge is -2.10. The van der Waals surface area contributed by atoms with Gasteiger partial charge in [-0.2, -0.15) is 5.26 Å². The predicted molar refractivity (Wildman–Crippen MR) is 91.0 cm³/mol. The molecule has 0 aliphatic rings. The minimum Gasteiger partial charge on any atom is -0.492 e. The number of carbonyl (C=O) groups is 1. The minimum atomic E-state index is -0.458. The molecule has 4 heteroatoms. The summed E-state index contributed by atoms with van der Waals surface area (Å²) in [6.45, 7) is 4.35. The molecule has 2 aromatic carbocycles. The predicted octanol–water partition coefficient (Wildman–Crippen LogP) is 3.94. The van der Waals surface area contributed by atoms with Gasteiger partial charge in [0.05, 0.1) is 12.3 Å². The zero-order valence-corrected chi connectivity index (χ0v) is 13.2. The van der Waals surface area contributed by atoms with Gasteiger partial charge in [0.1, 0.15) is 17.4 Å². The quantitative estimate of drug-likeness (QED) is 0.672. The standard InChI is InChI=1S/C19H18N2O2/c1-3-23-18-7-5-4-6-17(18)21-19(22)16(13-20)12-15-10-8-14(2)9-11-15/h4-12H,3H2,1-2H3,(H,21,22)/b16-12+.